The highest BCUT2D eigenvalue weighted by molar-refractivity contribution is 5.77. The molecule has 1 unspecified atom stereocenters. The summed E-state index contributed by atoms with van der Waals surface area (Å²) in [4.78, 5) is 11.9. The molecule has 4 heteroatoms. The van der Waals surface area contributed by atoms with Crippen molar-refractivity contribution in [1.29, 1.82) is 0 Å². The highest BCUT2D eigenvalue weighted by Gasteiger charge is 2.20. The summed E-state index contributed by atoms with van der Waals surface area (Å²) in [5, 5.41) is 12.0. The second-order valence-corrected chi connectivity index (χ2v) is 5.92. The molecule has 1 atom stereocenters. The molecule has 0 spiro atoms. The van der Waals surface area contributed by atoms with E-state index in [1.165, 1.54) is 0 Å². The quantitative estimate of drug-likeness (QED) is 0.804. The molecular weight excluding hydrogens is 254 g/mol. The van der Waals surface area contributed by atoms with Crippen LogP contribution in [-0.4, -0.2) is 30.3 Å². The fraction of sp³-hybridized carbons (Fsp3) is 0.562. The molecule has 0 saturated carbocycles. The Morgan fingerprint density at radius 3 is 2.65 bits per heavy atom. The zero-order valence-electron chi connectivity index (χ0n) is 12.8. The van der Waals surface area contributed by atoms with Crippen molar-refractivity contribution in [1.82, 2.24) is 5.32 Å². The minimum atomic E-state index is -0.568. The molecule has 0 saturated heterocycles. The molecule has 0 radical (unpaired) electrons. The lowest BCUT2D eigenvalue weighted by atomic mass is 9.96. The summed E-state index contributed by atoms with van der Waals surface area (Å²) in [6.45, 7) is 5.57. The van der Waals surface area contributed by atoms with Gasteiger partial charge in [-0.05, 0) is 37.8 Å². The first kappa shape index (κ1) is 16.5. The van der Waals surface area contributed by atoms with E-state index >= 15 is 0 Å². The van der Waals surface area contributed by atoms with Gasteiger partial charge in [0.1, 0.15) is 5.75 Å². The molecule has 20 heavy (non-hydrogen) atoms. The van der Waals surface area contributed by atoms with Crippen LogP contribution in [0.2, 0.25) is 0 Å². The van der Waals surface area contributed by atoms with Gasteiger partial charge in [0.2, 0.25) is 5.91 Å². The molecule has 0 aliphatic carbocycles. The number of ether oxygens (including phenoxy) is 1. The number of carbonyl (C=O) groups excluding carboxylic acids is 1. The van der Waals surface area contributed by atoms with Crippen molar-refractivity contribution in [2.75, 3.05) is 13.7 Å². The first-order valence-corrected chi connectivity index (χ1v) is 6.91. The number of methoxy groups -OCH3 is 1. The van der Waals surface area contributed by atoms with Crippen molar-refractivity contribution in [2.24, 2.45) is 5.92 Å². The second kappa shape index (κ2) is 7.29. The van der Waals surface area contributed by atoms with E-state index in [-0.39, 0.29) is 18.4 Å². The molecule has 1 amide bonds. The maximum Gasteiger partial charge on any atom is 0.220 e. The van der Waals surface area contributed by atoms with Gasteiger partial charge < -0.3 is 15.2 Å². The Bertz CT molecular complexity index is 443. The zero-order chi connectivity index (χ0) is 15.2. The molecule has 1 aromatic rings. The van der Waals surface area contributed by atoms with Crippen LogP contribution in [0.15, 0.2) is 24.3 Å². The van der Waals surface area contributed by atoms with Gasteiger partial charge >= 0.3 is 0 Å². The number of amides is 1. The lowest BCUT2D eigenvalue weighted by Crippen LogP contribution is -2.46. The molecule has 0 aliphatic heterocycles. The molecular formula is C16H25NO3. The van der Waals surface area contributed by atoms with Crippen LogP contribution >= 0.6 is 0 Å². The molecule has 2 N–H and O–H groups in total. The van der Waals surface area contributed by atoms with Gasteiger partial charge in [-0.2, -0.15) is 0 Å². The predicted molar refractivity (Wildman–Crippen MR) is 79.8 cm³/mol. The summed E-state index contributed by atoms with van der Waals surface area (Å²) < 4.78 is 5.32. The highest BCUT2D eigenvalue weighted by Crippen LogP contribution is 2.22. The number of benzene rings is 1. The Kier molecular flexibility index (Phi) is 6.02. The number of carbonyl (C=O) groups is 1. The Balaban J connectivity index is 2.55. The lowest BCUT2D eigenvalue weighted by molar-refractivity contribution is -0.124. The summed E-state index contributed by atoms with van der Waals surface area (Å²) in [6, 6.07) is 7.85. The third-order valence-corrected chi connectivity index (χ3v) is 3.17. The number of para-hydroxylation sites is 1. The Labute approximate surface area is 121 Å². The maximum absolute atomic E-state index is 11.9. The summed E-state index contributed by atoms with van der Waals surface area (Å²) in [6.07, 6.45) is 1.22. The van der Waals surface area contributed by atoms with E-state index < -0.39 is 5.54 Å². The fourth-order valence-corrected chi connectivity index (χ4v) is 2.10. The van der Waals surface area contributed by atoms with Crippen LogP contribution in [0.25, 0.3) is 0 Å². The van der Waals surface area contributed by atoms with Gasteiger partial charge in [-0.3, -0.25) is 4.79 Å². The van der Waals surface area contributed by atoms with Crippen molar-refractivity contribution in [3.8, 4) is 5.75 Å². The van der Waals surface area contributed by atoms with E-state index in [1.54, 1.807) is 21.0 Å². The number of aliphatic hydroxyl groups is 1. The summed E-state index contributed by atoms with van der Waals surface area (Å²) in [5.41, 5.74) is 0.540. The first-order chi connectivity index (χ1) is 9.38. The number of rotatable bonds is 7. The largest absolute Gasteiger partial charge is 0.496 e. The molecule has 0 aromatic heterocycles. The Hall–Kier alpha value is -1.55. The van der Waals surface area contributed by atoms with Gasteiger partial charge in [0.05, 0.1) is 19.3 Å². The van der Waals surface area contributed by atoms with Gasteiger partial charge in [-0.25, -0.2) is 0 Å². The molecule has 1 aromatic carbocycles. The predicted octanol–water partition coefficient (Wildman–Crippen LogP) is 2.15. The normalized spacial score (nSPS) is 12.8. The first-order valence-electron chi connectivity index (χ1n) is 6.91. The number of hydrogen-bond donors (Lipinski definition) is 2. The minimum Gasteiger partial charge on any atom is -0.496 e. The SMILES string of the molecule is COc1ccccc1CC(C)CC(=O)NC(C)(C)CO. The van der Waals surface area contributed by atoms with E-state index in [0.717, 1.165) is 17.7 Å². The van der Waals surface area contributed by atoms with Crippen LogP contribution < -0.4 is 10.1 Å². The average Bonchev–Trinajstić information content (AvgIpc) is 2.38. The van der Waals surface area contributed by atoms with E-state index in [0.29, 0.717) is 6.42 Å². The smallest absolute Gasteiger partial charge is 0.220 e. The summed E-state index contributed by atoms with van der Waals surface area (Å²) in [7, 11) is 1.65. The third kappa shape index (κ3) is 5.21. The Morgan fingerprint density at radius 1 is 1.40 bits per heavy atom. The standard InChI is InChI=1S/C16H25NO3/c1-12(10-15(19)17-16(2,3)11-18)9-13-7-5-6-8-14(13)20-4/h5-8,12,18H,9-11H2,1-4H3,(H,17,19). The van der Waals surface area contributed by atoms with Crippen LogP contribution in [0.4, 0.5) is 0 Å². The molecule has 1 rings (SSSR count). The molecule has 0 aliphatic rings. The van der Waals surface area contributed by atoms with Crippen molar-refractivity contribution >= 4 is 5.91 Å². The molecule has 0 fully saturated rings. The van der Waals surface area contributed by atoms with E-state index in [1.807, 2.05) is 31.2 Å². The van der Waals surface area contributed by atoms with Crippen LogP contribution in [0.3, 0.4) is 0 Å². The van der Waals surface area contributed by atoms with Crippen molar-refractivity contribution in [2.45, 2.75) is 39.2 Å². The number of aliphatic hydroxyl groups excluding tert-OH is 1. The Morgan fingerprint density at radius 2 is 2.05 bits per heavy atom. The minimum absolute atomic E-state index is 0.0357. The molecule has 0 bridgehead atoms. The average molecular weight is 279 g/mol. The van der Waals surface area contributed by atoms with Gasteiger partial charge in [0, 0.05) is 6.42 Å². The maximum atomic E-state index is 11.9. The summed E-state index contributed by atoms with van der Waals surface area (Å²) in [5.74, 6) is 1.03. The van der Waals surface area contributed by atoms with Crippen LogP contribution in [0, 0.1) is 5.92 Å². The number of hydrogen-bond acceptors (Lipinski definition) is 3. The monoisotopic (exact) mass is 279 g/mol. The lowest BCUT2D eigenvalue weighted by Gasteiger charge is -2.24. The van der Waals surface area contributed by atoms with Crippen LogP contribution in [0.5, 0.6) is 5.75 Å². The molecule has 0 heterocycles. The zero-order valence-corrected chi connectivity index (χ0v) is 12.8. The molecule has 112 valence electrons. The molecule has 4 nitrogen and oxygen atoms in total. The van der Waals surface area contributed by atoms with Gasteiger partial charge in [-0.15, -0.1) is 0 Å². The van der Waals surface area contributed by atoms with Crippen molar-refractivity contribution in [3.63, 3.8) is 0 Å². The van der Waals surface area contributed by atoms with E-state index in [2.05, 4.69) is 5.32 Å². The van der Waals surface area contributed by atoms with Gasteiger partial charge in [0.15, 0.2) is 0 Å². The van der Waals surface area contributed by atoms with Gasteiger partial charge in [0.25, 0.3) is 0 Å². The topological polar surface area (TPSA) is 58.6 Å². The number of nitrogens with one attached hydrogen (secondary N) is 1. The highest BCUT2D eigenvalue weighted by atomic mass is 16.5. The van der Waals surface area contributed by atoms with Crippen LogP contribution in [-0.2, 0) is 11.2 Å². The summed E-state index contributed by atoms with van der Waals surface area (Å²) >= 11 is 0. The van der Waals surface area contributed by atoms with E-state index in [4.69, 9.17) is 9.84 Å². The van der Waals surface area contributed by atoms with Crippen LogP contribution in [0.1, 0.15) is 32.8 Å². The van der Waals surface area contributed by atoms with Crippen molar-refractivity contribution in [3.05, 3.63) is 29.8 Å². The fourth-order valence-electron chi connectivity index (χ4n) is 2.10. The van der Waals surface area contributed by atoms with Crippen molar-refractivity contribution < 1.29 is 14.6 Å². The van der Waals surface area contributed by atoms with Gasteiger partial charge in [-0.1, -0.05) is 25.1 Å². The third-order valence-electron chi connectivity index (χ3n) is 3.17. The second-order valence-electron chi connectivity index (χ2n) is 5.92. The van der Waals surface area contributed by atoms with E-state index in [9.17, 15) is 4.79 Å².